The van der Waals surface area contributed by atoms with Gasteiger partial charge in [0.2, 0.25) is 0 Å². The lowest BCUT2D eigenvalue weighted by atomic mass is 9.67. The van der Waals surface area contributed by atoms with Crippen molar-refractivity contribution in [3.8, 4) is 40.6 Å². The lowest BCUT2D eigenvalue weighted by molar-refractivity contribution is 0.711. The van der Waals surface area contributed by atoms with Crippen LogP contribution in [0.3, 0.4) is 0 Å². The summed E-state index contributed by atoms with van der Waals surface area (Å²) in [7, 11) is 0. The fourth-order valence-corrected chi connectivity index (χ4v) is 13.2. The van der Waals surface area contributed by atoms with Crippen molar-refractivity contribution in [2.45, 2.75) is 15.2 Å². The molecule has 5 aromatic heterocycles. The predicted octanol–water partition coefficient (Wildman–Crippen LogP) is 14.3. The molecule has 1 spiro atoms. The Morgan fingerprint density at radius 3 is 1.55 bits per heavy atom. The van der Waals surface area contributed by atoms with Crippen LogP contribution in [-0.4, -0.2) is 23.7 Å². The summed E-state index contributed by atoms with van der Waals surface area (Å²) in [4.78, 5) is 12.9. The number of pyridine rings is 2. The summed E-state index contributed by atoms with van der Waals surface area (Å²) in [5.41, 5.74) is 15.8. The van der Waals surface area contributed by atoms with Crippen molar-refractivity contribution < 1.29 is 0 Å². The number of nitrogens with zero attached hydrogens (tertiary/aromatic N) is 7. The van der Waals surface area contributed by atoms with Crippen LogP contribution in [0.15, 0.2) is 210 Å². The van der Waals surface area contributed by atoms with E-state index >= 15 is 0 Å². The van der Waals surface area contributed by atoms with E-state index in [1.54, 1.807) is 11.8 Å². The van der Waals surface area contributed by atoms with E-state index in [2.05, 4.69) is 177 Å². The molecule has 0 fully saturated rings. The predicted molar refractivity (Wildman–Crippen MR) is 276 cm³/mol. The largest absolute Gasteiger partial charge is 0.309 e. The molecule has 318 valence electrons. The van der Waals surface area contributed by atoms with Crippen LogP contribution >= 0.6 is 11.8 Å². The lowest BCUT2D eigenvalue weighted by Crippen LogP contribution is -2.33. The molecule has 0 radical (unpaired) electrons. The zero-order valence-electron chi connectivity index (χ0n) is 36.6. The van der Waals surface area contributed by atoms with Crippen LogP contribution in [0.5, 0.6) is 0 Å². The zero-order chi connectivity index (χ0) is 45.5. The lowest BCUT2D eigenvalue weighted by Gasteiger charge is -2.41. The van der Waals surface area contributed by atoms with Gasteiger partial charge in [-0.25, -0.2) is 0 Å². The first kappa shape index (κ1) is 38.0. The average molecular weight is 896 g/mol. The third-order valence-corrected chi connectivity index (χ3v) is 15.7. The van der Waals surface area contributed by atoms with E-state index in [9.17, 15) is 10.5 Å². The molecule has 7 nitrogen and oxygen atoms in total. The molecule has 69 heavy (non-hydrogen) atoms. The van der Waals surface area contributed by atoms with Crippen LogP contribution in [0, 0.1) is 22.7 Å². The van der Waals surface area contributed by atoms with Crippen LogP contribution < -0.4 is 0 Å². The molecule has 2 aliphatic rings. The summed E-state index contributed by atoms with van der Waals surface area (Å²) in [6.45, 7) is 0. The van der Waals surface area contributed by atoms with Crippen molar-refractivity contribution in [3.63, 3.8) is 0 Å². The molecule has 8 aromatic carbocycles. The summed E-state index contributed by atoms with van der Waals surface area (Å²) in [6.07, 6.45) is 3.89. The number of hydrogen-bond donors (Lipinski definition) is 0. The first-order valence-electron chi connectivity index (χ1n) is 22.9. The fourth-order valence-electron chi connectivity index (χ4n) is 11.9. The molecule has 1 atom stereocenters. The normalized spacial score (nSPS) is 14.6. The molecule has 6 heterocycles. The molecule has 15 rings (SSSR count). The van der Waals surface area contributed by atoms with Crippen LogP contribution in [0.4, 0.5) is 0 Å². The third kappa shape index (κ3) is 4.95. The number of rotatable bonds is 3. The minimum Gasteiger partial charge on any atom is -0.309 e. The summed E-state index contributed by atoms with van der Waals surface area (Å²) in [5.74, 6) is 0. The van der Waals surface area contributed by atoms with Crippen molar-refractivity contribution in [1.82, 2.24) is 23.7 Å². The van der Waals surface area contributed by atoms with E-state index in [1.165, 1.54) is 21.5 Å². The second-order valence-electron chi connectivity index (χ2n) is 17.9. The highest BCUT2D eigenvalue weighted by Crippen LogP contribution is 2.63. The highest BCUT2D eigenvalue weighted by atomic mass is 32.2. The SMILES string of the molecule is N#Cc1ccc2c(c1)c1cc(C#N)ccc1n2-c1cccc2c1C1(c3ccc(-n4c5ccccc5c5ccccc54)cc3S2)c2cccnc2-c2ncc(-n3c4ccccc4c4ccccc43)cc21. The Bertz CT molecular complexity index is 4340. The molecule has 1 aliphatic heterocycles. The van der Waals surface area contributed by atoms with Crippen molar-refractivity contribution in [3.05, 3.63) is 234 Å². The number of aromatic nitrogens is 5. The zero-order valence-corrected chi connectivity index (χ0v) is 37.4. The van der Waals surface area contributed by atoms with Gasteiger partial charge in [-0.3, -0.25) is 9.97 Å². The van der Waals surface area contributed by atoms with Crippen LogP contribution in [0.1, 0.15) is 33.4 Å². The summed E-state index contributed by atoms with van der Waals surface area (Å²) < 4.78 is 7.09. The van der Waals surface area contributed by atoms with Gasteiger partial charge in [0.1, 0.15) is 0 Å². The maximum absolute atomic E-state index is 10.1. The monoisotopic (exact) mass is 895 g/mol. The average Bonchev–Trinajstić information content (AvgIpc) is 4.12. The quantitative estimate of drug-likeness (QED) is 0.176. The molecule has 0 bridgehead atoms. The van der Waals surface area contributed by atoms with Gasteiger partial charge in [0.15, 0.2) is 0 Å². The minimum absolute atomic E-state index is 0.562. The Kier molecular flexibility index (Phi) is 7.65. The summed E-state index contributed by atoms with van der Waals surface area (Å²) in [5, 5.41) is 26.9. The van der Waals surface area contributed by atoms with Crippen molar-refractivity contribution in [2.24, 2.45) is 0 Å². The van der Waals surface area contributed by atoms with Gasteiger partial charge in [-0.15, -0.1) is 0 Å². The fraction of sp³-hybridized carbons (Fsp3) is 0.0164. The van der Waals surface area contributed by atoms with Crippen molar-refractivity contribution >= 4 is 77.2 Å². The number of nitriles is 2. The first-order chi connectivity index (χ1) is 34.1. The number of hydrogen-bond acceptors (Lipinski definition) is 5. The molecule has 1 unspecified atom stereocenters. The van der Waals surface area contributed by atoms with Crippen LogP contribution in [-0.2, 0) is 5.41 Å². The van der Waals surface area contributed by atoms with Gasteiger partial charge in [-0.05, 0) is 108 Å². The van der Waals surface area contributed by atoms with Gasteiger partial charge in [-0.2, -0.15) is 10.5 Å². The molecule has 1 aliphatic carbocycles. The maximum Gasteiger partial charge on any atom is 0.0991 e. The first-order valence-corrected chi connectivity index (χ1v) is 23.7. The topological polar surface area (TPSA) is 88.2 Å². The number of para-hydroxylation sites is 4. The highest BCUT2D eigenvalue weighted by Gasteiger charge is 2.53. The second kappa shape index (κ2) is 13.9. The van der Waals surface area contributed by atoms with E-state index in [0.717, 1.165) is 104 Å². The van der Waals surface area contributed by atoms with Gasteiger partial charge in [-0.1, -0.05) is 103 Å². The van der Waals surface area contributed by atoms with E-state index in [4.69, 9.17) is 9.97 Å². The van der Waals surface area contributed by atoms with Gasteiger partial charge in [0.25, 0.3) is 0 Å². The Hall–Kier alpha value is -9.21. The Morgan fingerprint density at radius 2 is 0.957 bits per heavy atom. The molecular formula is C61H33N7S. The van der Waals surface area contributed by atoms with E-state index in [1.807, 2.05) is 48.8 Å². The highest BCUT2D eigenvalue weighted by molar-refractivity contribution is 7.99. The molecule has 0 N–H and O–H groups in total. The number of benzene rings is 8. The van der Waals surface area contributed by atoms with Gasteiger partial charge in [0.05, 0.1) is 90.7 Å². The summed E-state index contributed by atoms with van der Waals surface area (Å²) in [6, 6.07) is 71.4. The van der Waals surface area contributed by atoms with Gasteiger partial charge < -0.3 is 13.7 Å². The minimum atomic E-state index is -0.908. The smallest absolute Gasteiger partial charge is 0.0991 e. The Labute approximate surface area is 399 Å². The third-order valence-electron chi connectivity index (χ3n) is 14.6. The molecule has 0 saturated carbocycles. The maximum atomic E-state index is 10.1. The van der Waals surface area contributed by atoms with Crippen molar-refractivity contribution in [1.29, 1.82) is 10.5 Å². The standard InChI is InChI=1S/C61H33N7S/c62-33-36-22-26-53-44(29-36)45-30-37(34-63)23-27-54(45)68(53)55-20-9-21-56-58(55)61(46-25-24-38(32-57(46)69-56)66-49-16-5-1-11-40(49)41-12-2-6-17-50(41)66)47-15-10-28-64-59(47)60-48(61)31-39(35-65-60)67-51-18-7-3-13-42(51)43-14-4-8-19-52(43)67/h1-32,35H. The Balaban J connectivity index is 1.08. The van der Waals surface area contributed by atoms with E-state index in [0.29, 0.717) is 11.1 Å². The molecule has 0 amide bonds. The molecule has 8 heteroatoms. The summed E-state index contributed by atoms with van der Waals surface area (Å²) >= 11 is 1.80. The van der Waals surface area contributed by atoms with Crippen molar-refractivity contribution in [2.75, 3.05) is 0 Å². The van der Waals surface area contributed by atoms with Gasteiger partial charge >= 0.3 is 0 Å². The number of fused-ring (bicyclic) bond motifs is 18. The molecular weight excluding hydrogens is 863 g/mol. The van der Waals surface area contributed by atoms with Crippen LogP contribution in [0.2, 0.25) is 0 Å². The molecule has 13 aromatic rings. The van der Waals surface area contributed by atoms with E-state index < -0.39 is 5.41 Å². The van der Waals surface area contributed by atoms with Crippen LogP contribution in [0.25, 0.3) is 93.9 Å². The van der Waals surface area contributed by atoms with E-state index in [-0.39, 0.29) is 0 Å². The second-order valence-corrected chi connectivity index (χ2v) is 19.0. The molecule has 0 saturated heterocycles. The Morgan fingerprint density at radius 1 is 0.406 bits per heavy atom. The van der Waals surface area contributed by atoms with Gasteiger partial charge in [0, 0.05) is 65.1 Å².